The van der Waals surface area contributed by atoms with E-state index in [1.54, 1.807) is 24.3 Å². The van der Waals surface area contributed by atoms with Crippen LogP contribution in [0.3, 0.4) is 0 Å². The second kappa shape index (κ2) is 6.77. The maximum Gasteiger partial charge on any atom is 0.146 e. The van der Waals surface area contributed by atoms with Gasteiger partial charge in [-0.2, -0.15) is 0 Å². The van der Waals surface area contributed by atoms with Gasteiger partial charge in [0.25, 0.3) is 0 Å². The van der Waals surface area contributed by atoms with E-state index in [0.717, 1.165) is 5.56 Å². The van der Waals surface area contributed by atoms with Crippen molar-refractivity contribution in [1.29, 1.82) is 0 Å². The minimum Gasteiger partial charge on any atom is -0.306 e. The van der Waals surface area contributed by atoms with Gasteiger partial charge in [-0.15, -0.1) is 0 Å². The normalized spacial score (nSPS) is 12.4. The first-order chi connectivity index (χ1) is 9.56. The average molecular weight is 333 g/mol. The lowest BCUT2D eigenvalue weighted by atomic mass is 9.98. The fraction of sp³-hybridized carbons (Fsp3) is 0.200. The highest BCUT2D eigenvalue weighted by Gasteiger charge is 2.21. The van der Waals surface area contributed by atoms with Gasteiger partial charge in [-0.05, 0) is 24.2 Å². The van der Waals surface area contributed by atoms with E-state index in [0.29, 0.717) is 22.2 Å². The Morgan fingerprint density at radius 3 is 2.25 bits per heavy atom. The van der Waals surface area contributed by atoms with Crippen LogP contribution in [-0.4, -0.2) is 6.54 Å². The summed E-state index contributed by atoms with van der Waals surface area (Å²) in [6.07, 6.45) is 0. The van der Waals surface area contributed by atoms with Crippen molar-refractivity contribution >= 4 is 34.8 Å². The molecule has 0 aromatic heterocycles. The van der Waals surface area contributed by atoms with Crippen molar-refractivity contribution in [1.82, 2.24) is 5.32 Å². The van der Waals surface area contributed by atoms with Gasteiger partial charge >= 0.3 is 0 Å². The highest BCUT2D eigenvalue weighted by molar-refractivity contribution is 6.42. The number of nitrogens with one attached hydrogen (secondary N) is 1. The number of rotatable bonds is 4. The summed E-state index contributed by atoms with van der Waals surface area (Å²) in [5, 5.41) is 4.15. The minimum absolute atomic E-state index is 0.0866. The monoisotopic (exact) mass is 331 g/mol. The molecule has 0 spiro atoms. The van der Waals surface area contributed by atoms with E-state index in [-0.39, 0.29) is 5.02 Å². The Kier molecular flexibility index (Phi) is 5.28. The third kappa shape index (κ3) is 3.09. The molecule has 5 heteroatoms. The van der Waals surface area contributed by atoms with Crippen LogP contribution in [0.4, 0.5) is 4.39 Å². The van der Waals surface area contributed by atoms with Gasteiger partial charge < -0.3 is 5.32 Å². The predicted molar refractivity (Wildman–Crippen MR) is 83.4 cm³/mol. The molecule has 0 amide bonds. The molecule has 106 valence electrons. The average Bonchev–Trinajstić information content (AvgIpc) is 2.43. The van der Waals surface area contributed by atoms with E-state index in [1.807, 2.05) is 13.0 Å². The van der Waals surface area contributed by atoms with Crippen molar-refractivity contribution in [2.24, 2.45) is 0 Å². The lowest BCUT2D eigenvalue weighted by molar-refractivity contribution is 0.559. The van der Waals surface area contributed by atoms with Crippen molar-refractivity contribution in [2.45, 2.75) is 13.0 Å². The van der Waals surface area contributed by atoms with E-state index in [1.165, 1.54) is 6.07 Å². The zero-order valence-electron chi connectivity index (χ0n) is 10.8. The zero-order chi connectivity index (χ0) is 14.7. The third-order valence-electron chi connectivity index (χ3n) is 2.99. The molecule has 0 saturated heterocycles. The number of hydrogen-bond donors (Lipinski definition) is 1. The van der Waals surface area contributed by atoms with Crippen LogP contribution in [0, 0.1) is 5.82 Å². The Labute approximate surface area is 132 Å². The van der Waals surface area contributed by atoms with E-state index >= 15 is 0 Å². The summed E-state index contributed by atoms with van der Waals surface area (Å²) in [5.41, 5.74) is 1.17. The van der Waals surface area contributed by atoms with Crippen LogP contribution in [0.2, 0.25) is 15.1 Å². The van der Waals surface area contributed by atoms with E-state index < -0.39 is 11.9 Å². The van der Waals surface area contributed by atoms with Crippen LogP contribution in [0.5, 0.6) is 0 Å². The number of halogens is 4. The van der Waals surface area contributed by atoms with Crippen LogP contribution >= 0.6 is 34.8 Å². The maximum atomic E-state index is 14.2. The van der Waals surface area contributed by atoms with Crippen molar-refractivity contribution in [3.8, 4) is 0 Å². The Bertz CT molecular complexity index is 565. The molecule has 0 aliphatic carbocycles. The van der Waals surface area contributed by atoms with Gasteiger partial charge in [-0.3, -0.25) is 0 Å². The molecule has 2 rings (SSSR count). The largest absolute Gasteiger partial charge is 0.306 e. The molecule has 1 unspecified atom stereocenters. The smallest absolute Gasteiger partial charge is 0.146 e. The van der Waals surface area contributed by atoms with Gasteiger partial charge in [-0.1, -0.05) is 66.0 Å². The van der Waals surface area contributed by atoms with E-state index in [2.05, 4.69) is 5.32 Å². The maximum absolute atomic E-state index is 14.2. The fourth-order valence-corrected chi connectivity index (χ4v) is 2.68. The SMILES string of the molecule is CCNC(c1cccc(Cl)c1F)c1cccc(Cl)c1Cl. The highest BCUT2D eigenvalue weighted by Crippen LogP contribution is 2.35. The molecule has 0 aliphatic heterocycles. The molecule has 0 radical (unpaired) electrons. The van der Waals surface area contributed by atoms with Crippen molar-refractivity contribution in [3.05, 3.63) is 68.4 Å². The summed E-state index contributed by atoms with van der Waals surface area (Å²) >= 11 is 18.1. The van der Waals surface area contributed by atoms with Gasteiger partial charge in [0, 0.05) is 5.56 Å². The number of benzene rings is 2. The molecule has 20 heavy (non-hydrogen) atoms. The molecule has 2 aromatic carbocycles. The molecule has 1 nitrogen and oxygen atoms in total. The summed E-state index contributed by atoms with van der Waals surface area (Å²) in [6, 6.07) is 9.83. The second-order valence-corrected chi connectivity index (χ2v) is 5.47. The lowest BCUT2D eigenvalue weighted by Gasteiger charge is -2.21. The minimum atomic E-state index is -0.448. The Hall–Kier alpha value is -0.800. The van der Waals surface area contributed by atoms with Crippen molar-refractivity contribution in [3.63, 3.8) is 0 Å². The van der Waals surface area contributed by atoms with Crippen LogP contribution in [0.25, 0.3) is 0 Å². The molecule has 0 bridgehead atoms. The molecule has 0 fully saturated rings. The number of hydrogen-bond acceptors (Lipinski definition) is 1. The van der Waals surface area contributed by atoms with Gasteiger partial charge in [0.1, 0.15) is 5.82 Å². The van der Waals surface area contributed by atoms with Crippen LogP contribution in [0.1, 0.15) is 24.1 Å². The highest BCUT2D eigenvalue weighted by atomic mass is 35.5. The topological polar surface area (TPSA) is 12.0 Å². The molecular formula is C15H13Cl3FN. The molecule has 0 aliphatic rings. The zero-order valence-corrected chi connectivity index (χ0v) is 13.0. The molecule has 0 heterocycles. The first-order valence-electron chi connectivity index (χ1n) is 6.17. The Morgan fingerprint density at radius 2 is 1.60 bits per heavy atom. The van der Waals surface area contributed by atoms with Crippen LogP contribution in [-0.2, 0) is 0 Å². The molecule has 2 aromatic rings. The molecule has 1 N–H and O–H groups in total. The fourth-order valence-electron chi connectivity index (χ4n) is 2.08. The van der Waals surface area contributed by atoms with Gasteiger partial charge in [0.05, 0.1) is 21.1 Å². The summed E-state index contributed by atoms with van der Waals surface area (Å²) < 4.78 is 14.2. The van der Waals surface area contributed by atoms with Crippen molar-refractivity contribution < 1.29 is 4.39 Å². The van der Waals surface area contributed by atoms with Crippen LogP contribution < -0.4 is 5.32 Å². The lowest BCUT2D eigenvalue weighted by Crippen LogP contribution is -2.23. The summed E-state index contributed by atoms with van der Waals surface area (Å²) in [7, 11) is 0. The molecule has 1 atom stereocenters. The summed E-state index contributed by atoms with van der Waals surface area (Å²) in [5.74, 6) is -0.448. The summed E-state index contributed by atoms with van der Waals surface area (Å²) in [4.78, 5) is 0. The van der Waals surface area contributed by atoms with Crippen LogP contribution in [0.15, 0.2) is 36.4 Å². The van der Waals surface area contributed by atoms with E-state index in [4.69, 9.17) is 34.8 Å². The molecular weight excluding hydrogens is 320 g/mol. The second-order valence-electron chi connectivity index (χ2n) is 4.28. The third-order valence-corrected chi connectivity index (χ3v) is 4.12. The van der Waals surface area contributed by atoms with Gasteiger partial charge in [0.2, 0.25) is 0 Å². The van der Waals surface area contributed by atoms with Gasteiger partial charge in [-0.25, -0.2) is 4.39 Å². The molecule has 0 saturated carbocycles. The van der Waals surface area contributed by atoms with Crippen molar-refractivity contribution in [2.75, 3.05) is 6.54 Å². The first kappa shape index (κ1) is 15.6. The Balaban J connectivity index is 2.56. The summed E-state index contributed by atoms with van der Waals surface area (Å²) in [6.45, 7) is 2.59. The first-order valence-corrected chi connectivity index (χ1v) is 7.30. The predicted octanol–water partition coefficient (Wildman–Crippen LogP) is 5.48. The quantitative estimate of drug-likeness (QED) is 0.781. The van der Waals surface area contributed by atoms with E-state index in [9.17, 15) is 4.39 Å². The Morgan fingerprint density at radius 1 is 1.00 bits per heavy atom. The standard InChI is InChI=1S/C15H13Cl3FN/c1-2-20-15(9-5-3-7-11(16)13(9)18)10-6-4-8-12(17)14(10)19/h3-8,15,20H,2H2,1H3. The van der Waals surface area contributed by atoms with Gasteiger partial charge in [0.15, 0.2) is 0 Å².